The Balaban J connectivity index is 2.26. The first kappa shape index (κ1) is 9.60. The van der Waals surface area contributed by atoms with Crippen LogP contribution in [0.4, 0.5) is 0 Å². The Kier molecular flexibility index (Phi) is 2.78. The number of hydrogen-bond acceptors (Lipinski definition) is 1. The lowest BCUT2D eigenvalue weighted by Gasteiger charge is -2.05. The maximum Gasteiger partial charge on any atom is 0.0865 e. The van der Waals surface area contributed by atoms with E-state index in [1.807, 2.05) is 30.5 Å². The van der Waals surface area contributed by atoms with Gasteiger partial charge in [0.25, 0.3) is 0 Å². The van der Waals surface area contributed by atoms with Crippen LogP contribution in [-0.4, -0.2) is 7.11 Å². The van der Waals surface area contributed by atoms with E-state index in [-0.39, 0.29) is 0 Å². The second kappa shape index (κ2) is 4.05. The molecule has 1 aliphatic rings. The molecule has 0 aliphatic heterocycles. The molecule has 2 rings (SSSR count). The summed E-state index contributed by atoms with van der Waals surface area (Å²) in [4.78, 5) is 0. The fraction of sp³-hybridized carbons (Fsp3) is 0.333. The van der Waals surface area contributed by atoms with Gasteiger partial charge in [-0.15, -0.1) is 0 Å². The van der Waals surface area contributed by atoms with E-state index < -0.39 is 0 Å². The topological polar surface area (TPSA) is 9.23 Å². The number of hydrogen-bond donors (Lipinski definition) is 0. The highest BCUT2D eigenvalue weighted by atomic mass is 35.5. The summed E-state index contributed by atoms with van der Waals surface area (Å²) in [7, 11) is 1.69. The standard InChI is InChI=1S/C12H13ClO/c1-14-8-12(9-2-3-9)10-4-6-11(13)7-5-10/h4-9H,2-3H2,1H3. The van der Waals surface area contributed by atoms with Crippen molar-refractivity contribution in [3.05, 3.63) is 41.1 Å². The number of rotatable bonds is 3. The first-order chi connectivity index (χ1) is 6.81. The number of benzene rings is 1. The lowest BCUT2D eigenvalue weighted by Crippen LogP contribution is -1.87. The Morgan fingerprint density at radius 1 is 1.36 bits per heavy atom. The maximum absolute atomic E-state index is 5.84. The van der Waals surface area contributed by atoms with Crippen LogP contribution in [0.3, 0.4) is 0 Å². The minimum absolute atomic E-state index is 0.691. The van der Waals surface area contributed by atoms with Gasteiger partial charge in [0.05, 0.1) is 13.4 Å². The smallest absolute Gasteiger partial charge is 0.0865 e. The number of methoxy groups -OCH3 is 1. The van der Waals surface area contributed by atoms with E-state index in [1.165, 1.54) is 24.0 Å². The third-order valence-electron chi connectivity index (χ3n) is 2.44. The lowest BCUT2D eigenvalue weighted by molar-refractivity contribution is 0.338. The number of halogens is 1. The van der Waals surface area contributed by atoms with E-state index in [4.69, 9.17) is 16.3 Å². The predicted molar refractivity (Wildman–Crippen MR) is 59.2 cm³/mol. The summed E-state index contributed by atoms with van der Waals surface area (Å²) >= 11 is 5.84. The minimum Gasteiger partial charge on any atom is -0.504 e. The molecule has 74 valence electrons. The van der Waals surface area contributed by atoms with Crippen LogP contribution in [0.1, 0.15) is 18.4 Å². The zero-order valence-corrected chi connectivity index (χ0v) is 8.92. The molecule has 0 saturated heterocycles. The van der Waals surface area contributed by atoms with Gasteiger partial charge in [-0.05, 0) is 42.0 Å². The van der Waals surface area contributed by atoms with E-state index in [9.17, 15) is 0 Å². The average Bonchev–Trinajstić information content (AvgIpc) is 2.99. The monoisotopic (exact) mass is 208 g/mol. The number of allylic oxidation sites excluding steroid dienone is 1. The molecule has 1 saturated carbocycles. The molecule has 0 atom stereocenters. The molecule has 0 amide bonds. The zero-order valence-electron chi connectivity index (χ0n) is 8.16. The summed E-state index contributed by atoms with van der Waals surface area (Å²) in [5.41, 5.74) is 2.52. The van der Waals surface area contributed by atoms with E-state index >= 15 is 0 Å². The van der Waals surface area contributed by atoms with Gasteiger partial charge in [0.2, 0.25) is 0 Å². The molecule has 0 spiro atoms. The van der Waals surface area contributed by atoms with Gasteiger partial charge in [0, 0.05) is 5.02 Å². The van der Waals surface area contributed by atoms with E-state index in [0.29, 0.717) is 5.92 Å². The highest BCUT2D eigenvalue weighted by Crippen LogP contribution is 2.41. The molecule has 14 heavy (non-hydrogen) atoms. The SMILES string of the molecule is COC=C(c1ccc(Cl)cc1)C1CC1. The molecule has 0 bridgehead atoms. The Labute approximate surface area is 89.3 Å². The van der Waals surface area contributed by atoms with Crippen molar-refractivity contribution in [1.82, 2.24) is 0 Å². The molecule has 1 fully saturated rings. The average molecular weight is 209 g/mol. The van der Waals surface area contributed by atoms with Gasteiger partial charge in [-0.1, -0.05) is 23.7 Å². The first-order valence-electron chi connectivity index (χ1n) is 4.80. The maximum atomic E-state index is 5.84. The third-order valence-corrected chi connectivity index (χ3v) is 2.69. The van der Waals surface area contributed by atoms with Crippen LogP contribution in [0.25, 0.3) is 5.57 Å². The van der Waals surface area contributed by atoms with Crippen LogP contribution in [0.2, 0.25) is 5.02 Å². The van der Waals surface area contributed by atoms with Crippen LogP contribution in [0.5, 0.6) is 0 Å². The van der Waals surface area contributed by atoms with Crippen molar-refractivity contribution in [3.8, 4) is 0 Å². The fourth-order valence-electron chi connectivity index (χ4n) is 1.56. The summed E-state index contributed by atoms with van der Waals surface area (Å²) in [6, 6.07) is 7.93. The van der Waals surface area contributed by atoms with E-state index in [2.05, 4.69) is 0 Å². The molecule has 1 aromatic rings. The molecular formula is C12H13ClO. The second-order valence-corrected chi connectivity index (χ2v) is 4.03. The molecule has 1 nitrogen and oxygen atoms in total. The van der Waals surface area contributed by atoms with Crippen LogP contribution >= 0.6 is 11.6 Å². The van der Waals surface area contributed by atoms with Crippen LogP contribution in [-0.2, 0) is 4.74 Å². The van der Waals surface area contributed by atoms with Crippen molar-refractivity contribution in [2.24, 2.45) is 5.92 Å². The summed E-state index contributed by atoms with van der Waals surface area (Å²) in [5, 5.41) is 0.779. The van der Waals surface area contributed by atoms with Crippen molar-refractivity contribution in [2.75, 3.05) is 7.11 Å². The van der Waals surface area contributed by atoms with Crippen molar-refractivity contribution in [1.29, 1.82) is 0 Å². The summed E-state index contributed by atoms with van der Waals surface area (Å²) in [6.45, 7) is 0. The number of ether oxygens (including phenoxy) is 1. The van der Waals surface area contributed by atoms with Gasteiger partial charge in [0.1, 0.15) is 0 Å². The third kappa shape index (κ3) is 2.10. The minimum atomic E-state index is 0.691. The molecule has 0 N–H and O–H groups in total. The van der Waals surface area contributed by atoms with Crippen LogP contribution in [0.15, 0.2) is 30.5 Å². The summed E-state index contributed by atoms with van der Waals surface area (Å²) < 4.78 is 5.09. The molecule has 0 radical (unpaired) electrons. The predicted octanol–water partition coefficient (Wildman–Crippen LogP) is 3.74. The van der Waals surface area contributed by atoms with Crippen LogP contribution < -0.4 is 0 Å². The van der Waals surface area contributed by atoms with Crippen molar-refractivity contribution in [3.63, 3.8) is 0 Å². The quantitative estimate of drug-likeness (QED) is 0.688. The molecule has 1 aliphatic carbocycles. The van der Waals surface area contributed by atoms with E-state index in [0.717, 1.165) is 5.02 Å². The van der Waals surface area contributed by atoms with Crippen molar-refractivity contribution < 1.29 is 4.74 Å². The lowest BCUT2D eigenvalue weighted by atomic mass is 10.0. The molecule has 0 heterocycles. The fourth-order valence-corrected chi connectivity index (χ4v) is 1.69. The zero-order chi connectivity index (χ0) is 9.97. The van der Waals surface area contributed by atoms with Gasteiger partial charge >= 0.3 is 0 Å². The molecule has 2 heteroatoms. The second-order valence-electron chi connectivity index (χ2n) is 3.59. The molecule has 1 aromatic carbocycles. The first-order valence-corrected chi connectivity index (χ1v) is 5.18. The summed E-state index contributed by atoms with van der Waals surface area (Å²) in [5.74, 6) is 0.691. The Morgan fingerprint density at radius 2 is 2.00 bits per heavy atom. The van der Waals surface area contributed by atoms with Gasteiger partial charge in [-0.2, -0.15) is 0 Å². The largest absolute Gasteiger partial charge is 0.504 e. The van der Waals surface area contributed by atoms with Crippen LogP contribution in [0, 0.1) is 5.92 Å². The Bertz CT molecular complexity index is 336. The van der Waals surface area contributed by atoms with Gasteiger partial charge < -0.3 is 4.74 Å². The molecule has 0 aromatic heterocycles. The Hall–Kier alpha value is -0.950. The van der Waals surface area contributed by atoms with Crippen molar-refractivity contribution in [2.45, 2.75) is 12.8 Å². The van der Waals surface area contributed by atoms with Gasteiger partial charge in [-0.3, -0.25) is 0 Å². The van der Waals surface area contributed by atoms with E-state index in [1.54, 1.807) is 7.11 Å². The van der Waals surface area contributed by atoms with Gasteiger partial charge in [0.15, 0.2) is 0 Å². The highest BCUT2D eigenvalue weighted by Gasteiger charge is 2.27. The normalized spacial score (nSPS) is 16.9. The molecule has 0 unspecified atom stereocenters. The van der Waals surface area contributed by atoms with Gasteiger partial charge in [-0.25, -0.2) is 0 Å². The molecular weight excluding hydrogens is 196 g/mol. The Morgan fingerprint density at radius 3 is 2.50 bits per heavy atom. The highest BCUT2D eigenvalue weighted by molar-refractivity contribution is 6.30. The summed E-state index contributed by atoms with van der Waals surface area (Å²) in [6.07, 6.45) is 4.40. The van der Waals surface area contributed by atoms with Crippen molar-refractivity contribution >= 4 is 17.2 Å².